The van der Waals surface area contributed by atoms with Crippen molar-refractivity contribution >= 4 is 45.3 Å². The zero-order valence-electron chi connectivity index (χ0n) is 14.1. The Hall–Kier alpha value is -3.20. The van der Waals surface area contributed by atoms with Gasteiger partial charge in [-0.05, 0) is 43.5 Å². The quantitative estimate of drug-likeness (QED) is 0.651. The Balaban J connectivity index is 1.76. The maximum Gasteiger partial charge on any atom is 0.414 e. The lowest BCUT2D eigenvalue weighted by molar-refractivity contribution is 0.0926. The van der Waals surface area contributed by atoms with E-state index >= 15 is 0 Å². The molecule has 0 saturated heterocycles. The number of alkyl carbamates (subject to hydrolysis) is 1. The van der Waals surface area contributed by atoms with Gasteiger partial charge in [0, 0.05) is 5.56 Å². The first kappa shape index (κ1) is 17.6. The number of thiophene rings is 1. The van der Waals surface area contributed by atoms with Crippen molar-refractivity contribution < 1.29 is 19.1 Å². The molecule has 0 unspecified atom stereocenters. The van der Waals surface area contributed by atoms with Gasteiger partial charge in [-0.2, -0.15) is 0 Å². The molecule has 0 aliphatic heterocycles. The minimum absolute atomic E-state index is 0.155. The van der Waals surface area contributed by atoms with Crippen molar-refractivity contribution in [3.8, 4) is 0 Å². The van der Waals surface area contributed by atoms with Crippen LogP contribution >= 0.6 is 11.3 Å². The van der Waals surface area contributed by atoms with E-state index < -0.39 is 12.0 Å². The van der Waals surface area contributed by atoms with Crippen LogP contribution in [0.1, 0.15) is 33.5 Å². The molecule has 3 amide bonds. The number of aromatic amines is 1. The maximum atomic E-state index is 12.5. The van der Waals surface area contributed by atoms with Crippen LogP contribution in [0, 0.1) is 6.92 Å². The van der Waals surface area contributed by atoms with E-state index in [0.717, 1.165) is 16.9 Å². The molecule has 1 aromatic carbocycles. The fraction of sp³-hybridized carbons (Fsp3) is 0.176. The molecule has 0 aliphatic carbocycles. The number of ether oxygens (including phenoxy) is 1. The molecule has 0 saturated carbocycles. The summed E-state index contributed by atoms with van der Waals surface area (Å²) in [6.45, 7) is 3.63. The van der Waals surface area contributed by atoms with Crippen LogP contribution in [0.15, 0.2) is 29.6 Å². The van der Waals surface area contributed by atoms with Crippen LogP contribution in [0.25, 0.3) is 11.0 Å². The number of fused-ring (bicyclic) bond motifs is 1. The van der Waals surface area contributed by atoms with E-state index in [-0.39, 0.29) is 18.1 Å². The second-order valence-corrected chi connectivity index (χ2v) is 6.26. The Morgan fingerprint density at radius 3 is 2.81 bits per heavy atom. The SMILES string of the molecule is CCOC(=O)NC(=O)c1ccsc1NC(=O)c1ccc2nc(C)[nH]c2c1. The number of imidazole rings is 1. The summed E-state index contributed by atoms with van der Waals surface area (Å²) in [6, 6.07) is 6.62. The van der Waals surface area contributed by atoms with E-state index in [1.807, 2.05) is 6.92 Å². The lowest BCUT2D eigenvalue weighted by Gasteiger charge is -2.07. The zero-order chi connectivity index (χ0) is 18.7. The summed E-state index contributed by atoms with van der Waals surface area (Å²) >= 11 is 1.18. The Bertz CT molecular complexity index is 992. The Kier molecular flexibility index (Phi) is 4.99. The second-order valence-electron chi connectivity index (χ2n) is 5.35. The average Bonchev–Trinajstić information content (AvgIpc) is 3.19. The van der Waals surface area contributed by atoms with Crippen LogP contribution in [0.4, 0.5) is 9.80 Å². The minimum Gasteiger partial charge on any atom is -0.450 e. The largest absolute Gasteiger partial charge is 0.450 e. The van der Waals surface area contributed by atoms with Crippen molar-refractivity contribution in [1.82, 2.24) is 15.3 Å². The van der Waals surface area contributed by atoms with Gasteiger partial charge in [0.05, 0.1) is 23.2 Å². The van der Waals surface area contributed by atoms with Crippen molar-refractivity contribution in [2.24, 2.45) is 0 Å². The number of hydrogen-bond donors (Lipinski definition) is 3. The lowest BCUT2D eigenvalue weighted by Crippen LogP contribution is -2.31. The summed E-state index contributed by atoms with van der Waals surface area (Å²) in [5, 5.41) is 6.80. The Morgan fingerprint density at radius 2 is 2.04 bits per heavy atom. The number of aryl methyl sites for hydroxylation is 1. The van der Waals surface area contributed by atoms with Crippen LogP contribution in [-0.2, 0) is 4.74 Å². The molecule has 0 bridgehead atoms. The van der Waals surface area contributed by atoms with E-state index in [2.05, 4.69) is 25.3 Å². The predicted molar refractivity (Wildman–Crippen MR) is 97.6 cm³/mol. The highest BCUT2D eigenvalue weighted by molar-refractivity contribution is 7.14. The molecular weight excluding hydrogens is 356 g/mol. The summed E-state index contributed by atoms with van der Waals surface area (Å²) in [7, 11) is 0. The molecule has 0 fully saturated rings. The molecule has 0 radical (unpaired) electrons. The van der Waals surface area contributed by atoms with E-state index in [0.29, 0.717) is 10.6 Å². The number of nitrogens with one attached hydrogen (secondary N) is 3. The Labute approximate surface area is 152 Å². The first-order valence-corrected chi connectivity index (χ1v) is 8.69. The molecule has 9 heteroatoms. The van der Waals surface area contributed by atoms with Crippen molar-refractivity contribution in [1.29, 1.82) is 0 Å². The molecule has 2 aromatic heterocycles. The third kappa shape index (κ3) is 3.72. The minimum atomic E-state index is -0.832. The number of aromatic nitrogens is 2. The number of benzene rings is 1. The first-order valence-electron chi connectivity index (χ1n) is 7.81. The van der Waals surface area contributed by atoms with Gasteiger partial charge in [-0.3, -0.25) is 14.9 Å². The molecule has 26 heavy (non-hydrogen) atoms. The van der Waals surface area contributed by atoms with Crippen molar-refractivity contribution in [2.45, 2.75) is 13.8 Å². The average molecular weight is 372 g/mol. The predicted octanol–water partition coefficient (Wildman–Crippen LogP) is 3.07. The second kappa shape index (κ2) is 7.36. The van der Waals surface area contributed by atoms with Crippen molar-refractivity contribution in [3.63, 3.8) is 0 Å². The number of H-pyrrole nitrogens is 1. The topological polar surface area (TPSA) is 113 Å². The Morgan fingerprint density at radius 1 is 1.23 bits per heavy atom. The molecular formula is C17H16N4O4S. The summed E-state index contributed by atoms with van der Waals surface area (Å²) in [6.07, 6.45) is -0.832. The highest BCUT2D eigenvalue weighted by Gasteiger charge is 2.18. The molecule has 2 heterocycles. The van der Waals surface area contributed by atoms with E-state index in [4.69, 9.17) is 0 Å². The van der Waals surface area contributed by atoms with Gasteiger partial charge in [0.2, 0.25) is 0 Å². The number of hydrogen-bond acceptors (Lipinski definition) is 6. The fourth-order valence-corrected chi connectivity index (χ4v) is 3.15. The molecule has 0 atom stereocenters. The highest BCUT2D eigenvalue weighted by Crippen LogP contribution is 2.24. The number of rotatable bonds is 4. The van der Waals surface area contributed by atoms with Crippen LogP contribution in [0.5, 0.6) is 0 Å². The number of imide groups is 1. The van der Waals surface area contributed by atoms with Crippen LogP contribution in [0.2, 0.25) is 0 Å². The van der Waals surface area contributed by atoms with Gasteiger partial charge in [-0.25, -0.2) is 9.78 Å². The standard InChI is InChI=1S/C17H16N4O4S/c1-3-25-17(24)21-15(23)11-6-7-26-16(11)20-14(22)10-4-5-12-13(8-10)19-9(2)18-12/h4-8H,3H2,1-2H3,(H,18,19)(H,20,22)(H,21,23,24). The van der Waals surface area contributed by atoms with Crippen molar-refractivity contribution in [2.75, 3.05) is 11.9 Å². The number of amides is 3. The van der Waals surface area contributed by atoms with Crippen LogP contribution in [-0.4, -0.2) is 34.5 Å². The van der Waals surface area contributed by atoms with Gasteiger partial charge >= 0.3 is 6.09 Å². The third-order valence-corrected chi connectivity index (χ3v) is 4.32. The van der Waals surface area contributed by atoms with E-state index in [1.54, 1.807) is 30.5 Å². The fourth-order valence-electron chi connectivity index (χ4n) is 2.37. The first-order chi connectivity index (χ1) is 12.5. The van der Waals surface area contributed by atoms with Crippen molar-refractivity contribution in [3.05, 3.63) is 46.6 Å². The van der Waals surface area contributed by atoms with Crippen LogP contribution in [0.3, 0.4) is 0 Å². The molecule has 3 aromatic rings. The monoisotopic (exact) mass is 372 g/mol. The summed E-state index contributed by atoms with van der Waals surface area (Å²) in [4.78, 5) is 43.4. The maximum absolute atomic E-state index is 12.5. The zero-order valence-corrected chi connectivity index (χ0v) is 14.9. The smallest absolute Gasteiger partial charge is 0.414 e. The van der Waals surface area contributed by atoms with E-state index in [9.17, 15) is 14.4 Å². The lowest BCUT2D eigenvalue weighted by atomic mass is 10.2. The summed E-state index contributed by atoms with van der Waals surface area (Å²) in [5.41, 5.74) is 2.13. The van der Waals surface area contributed by atoms with Gasteiger partial charge in [0.15, 0.2) is 0 Å². The van der Waals surface area contributed by atoms with Gasteiger partial charge < -0.3 is 15.0 Å². The molecule has 134 valence electrons. The van der Waals surface area contributed by atoms with Gasteiger partial charge in [-0.15, -0.1) is 11.3 Å². The van der Waals surface area contributed by atoms with Gasteiger partial charge in [-0.1, -0.05) is 0 Å². The molecule has 8 nitrogen and oxygen atoms in total. The summed E-state index contributed by atoms with van der Waals surface area (Å²) < 4.78 is 4.68. The van der Waals surface area contributed by atoms with Gasteiger partial charge in [0.25, 0.3) is 11.8 Å². The molecule has 0 spiro atoms. The van der Waals surface area contributed by atoms with E-state index in [1.165, 1.54) is 17.4 Å². The highest BCUT2D eigenvalue weighted by atomic mass is 32.1. The summed E-state index contributed by atoms with van der Waals surface area (Å²) in [5.74, 6) is -0.250. The van der Waals surface area contributed by atoms with Gasteiger partial charge in [0.1, 0.15) is 10.8 Å². The number of carbonyl (C=O) groups excluding carboxylic acids is 3. The van der Waals surface area contributed by atoms with Crippen LogP contribution < -0.4 is 10.6 Å². The molecule has 0 aliphatic rings. The third-order valence-electron chi connectivity index (χ3n) is 3.49. The molecule has 3 N–H and O–H groups in total. The normalized spacial score (nSPS) is 10.5. The number of nitrogens with zero attached hydrogens (tertiary/aromatic N) is 1. The number of anilines is 1. The number of carbonyl (C=O) groups is 3. The molecule has 3 rings (SSSR count).